The smallest absolute Gasteiger partial charge is 0.335 e. The second kappa shape index (κ2) is 11.2. The number of ether oxygens (including phenoxy) is 5. The van der Waals surface area contributed by atoms with Crippen LogP contribution in [-0.2, 0) is 35.1 Å². The number of cyclic esters (lactones) is 1. The molecule has 1 aromatic rings. The lowest BCUT2D eigenvalue weighted by atomic mass is 9.57. The van der Waals surface area contributed by atoms with E-state index in [1.165, 1.54) is 20.1 Å². The molecule has 1 saturated carbocycles. The topological polar surface area (TPSA) is 146 Å². The highest BCUT2D eigenvalue weighted by Crippen LogP contribution is 2.61. The fraction of sp³-hybridized carbons (Fsp3) is 0.667. The summed E-state index contributed by atoms with van der Waals surface area (Å²) in [7, 11) is 1.46. The van der Waals surface area contributed by atoms with Crippen molar-refractivity contribution in [3.8, 4) is 5.88 Å². The van der Waals surface area contributed by atoms with E-state index in [-0.39, 0.29) is 48.5 Å². The van der Waals surface area contributed by atoms with Crippen LogP contribution in [0.2, 0.25) is 0 Å². The number of hydrogen-bond acceptors (Lipinski definition) is 10. The highest BCUT2D eigenvalue weighted by molar-refractivity contribution is 5.75. The van der Waals surface area contributed by atoms with E-state index in [0.29, 0.717) is 5.69 Å². The molecule has 5 rings (SSSR count). The Morgan fingerprint density at radius 2 is 2.00 bits per heavy atom. The van der Waals surface area contributed by atoms with Gasteiger partial charge < -0.3 is 39.1 Å². The molecule has 11 nitrogen and oxygen atoms in total. The van der Waals surface area contributed by atoms with Gasteiger partial charge in [0, 0.05) is 49.7 Å². The Morgan fingerprint density at radius 1 is 1.27 bits per heavy atom. The van der Waals surface area contributed by atoms with E-state index in [9.17, 15) is 25.0 Å². The fourth-order valence-corrected chi connectivity index (χ4v) is 7.54. The van der Waals surface area contributed by atoms with E-state index in [4.69, 9.17) is 23.7 Å². The molecule has 3 N–H and O–H groups in total. The molecule has 2 aliphatic heterocycles. The highest BCUT2D eigenvalue weighted by atomic mass is 16.6. The first kappa shape index (κ1) is 29.8. The van der Waals surface area contributed by atoms with Crippen LogP contribution in [0, 0.1) is 29.6 Å². The fourth-order valence-electron chi connectivity index (χ4n) is 7.54. The summed E-state index contributed by atoms with van der Waals surface area (Å²) < 4.78 is 30.4. The van der Waals surface area contributed by atoms with Gasteiger partial charge in [0.15, 0.2) is 6.10 Å². The molecule has 2 fully saturated rings. The van der Waals surface area contributed by atoms with Crippen molar-refractivity contribution in [1.29, 1.82) is 0 Å². The molecular formula is C30H41NO10. The maximum Gasteiger partial charge on any atom is 0.335 e. The lowest BCUT2D eigenvalue weighted by molar-refractivity contribution is -0.172. The van der Waals surface area contributed by atoms with Gasteiger partial charge >= 0.3 is 11.9 Å². The van der Waals surface area contributed by atoms with Crippen molar-refractivity contribution >= 4 is 11.9 Å². The van der Waals surface area contributed by atoms with E-state index < -0.39 is 54.2 Å². The number of aliphatic hydroxyl groups is 2. The summed E-state index contributed by atoms with van der Waals surface area (Å²) in [5.41, 5.74) is 0.353. The largest absolute Gasteiger partial charge is 0.457 e. The predicted octanol–water partition coefficient (Wildman–Crippen LogP) is 2.40. The SMILES string of the molecule is CO[C@H]1C[C@H]2C=CC3C4[C@H](O)[C@@H](C)[C@@H](OCc5ccc(OC(C)=O)n5O)[C@@H]3O[C@]42/C(C)=C/[C@@H](C)[C@@H]([C@@H](C)O)OC1=O. The van der Waals surface area contributed by atoms with Crippen LogP contribution in [0.4, 0.5) is 0 Å². The van der Waals surface area contributed by atoms with Crippen molar-refractivity contribution in [2.45, 2.75) is 89.9 Å². The number of carbonyl (C=O) groups excluding carboxylic acids is 2. The van der Waals surface area contributed by atoms with Crippen molar-refractivity contribution in [3.05, 3.63) is 41.6 Å². The van der Waals surface area contributed by atoms with Crippen LogP contribution in [0.25, 0.3) is 0 Å². The maximum atomic E-state index is 13.1. The lowest BCUT2D eigenvalue weighted by Crippen LogP contribution is -2.57. The number of aromatic nitrogens is 1. The summed E-state index contributed by atoms with van der Waals surface area (Å²) in [6.45, 7) is 8.63. The monoisotopic (exact) mass is 575 g/mol. The Labute approximate surface area is 239 Å². The molecule has 1 aromatic heterocycles. The normalized spacial score (nSPS) is 42.0. The molecule has 12 atom stereocenters. The minimum Gasteiger partial charge on any atom is -0.457 e. The van der Waals surface area contributed by atoms with Crippen LogP contribution in [0.1, 0.15) is 46.7 Å². The second-order valence-electron chi connectivity index (χ2n) is 12.0. The van der Waals surface area contributed by atoms with Gasteiger partial charge in [0.05, 0.1) is 36.7 Å². The first-order valence-electron chi connectivity index (χ1n) is 14.2. The molecule has 0 amide bonds. The molecule has 2 unspecified atom stereocenters. The third-order valence-electron chi connectivity index (χ3n) is 9.45. The van der Waals surface area contributed by atoms with Gasteiger partial charge in [0.1, 0.15) is 11.7 Å². The number of rotatable bonds is 6. The Bertz CT molecular complexity index is 1220. The predicted molar refractivity (Wildman–Crippen MR) is 144 cm³/mol. The molecule has 11 heteroatoms. The second-order valence-corrected chi connectivity index (χ2v) is 12.0. The molecule has 0 aromatic carbocycles. The van der Waals surface area contributed by atoms with Gasteiger partial charge in [0.25, 0.3) is 0 Å². The molecule has 4 bridgehead atoms. The number of carbonyl (C=O) groups is 2. The van der Waals surface area contributed by atoms with Crippen LogP contribution in [0.5, 0.6) is 5.88 Å². The van der Waals surface area contributed by atoms with Crippen molar-refractivity contribution in [3.63, 3.8) is 0 Å². The van der Waals surface area contributed by atoms with Gasteiger partial charge in [-0.2, -0.15) is 4.73 Å². The zero-order valence-corrected chi connectivity index (χ0v) is 24.3. The molecule has 2 aliphatic carbocycles. The molecule has 4 aliphatic rings. The number of hydrogen-bond donors (Lipinski definition) is 3. The highest BCUT2D eigenvalue weighted by Gasteiger charge is 2.68. The summed E-state index contributed by atoms with van der Waals surface area (Å²) in [4.78, 5) is 24.5. The number of esters is 2. The van der Waals surface area contributed by atoms with Crippen molar-refractivity contribution < 1.29 is 48.7 Å². The average Bonchev–Trinajstić information content (AvgIpc) is 3.34. The number of nitrogens with zero attached hydrogens (tertiary/aromatic N) is 1. The molecule has 3 heterocycles. The van der Waals surface area contributed by atoms with Crippen molar-refractivity contribution in [2.24, 2.45) is 29.6 Å². The van der Waals surface area contributed by atoms with Crippen LogP contribution >= 0.6 is 0 Å². The lowest BCUT2D eigenvalue weighted by Gasteiger charge is -2.49. The molecule has 226 valence electrons. The Hall–Kier alpha value is -2.70. The van der Waals surface area contributed by atoms with Gasteiger partial charge in [-0.3, -0.25) is 4.79 Å². The summed E-state index contributed by atoms with van der Waals surface area (Å²) >= 11 is 0. The van der Waals surface area contributed by atoms with Gasteiger partial charge in [-0.05, 0) is 31.9 Å². The van der Waals surface area contributed by atoms with E-state index >= 15 is 0 Å². The van der Waals surface area contributed by atoms with Gasteiger partial charge in [0.2, 0.25) is 5.88 Å². The summed E-state index contributed by atoms with van der Waals surface area (Å²) in [6.07, 6.45) is 2.10. The van der Waals surface area contributed by atoms with Crippen molar-refractivity contribution in [2.75, 3.05) is 7.11 Å². The van der Waals surface area contributed by atoms with Crippen LogP contribution in [0.15, 0.2) is 35.9 Å². The number of aliphatic hydroxyl groups excluding tert-OH is 2. The van der Waals surface area contributed by atoms with E-state index in [1.807, 2.05) is 26.8 Å². The quantitative estimate of drug-likeness (QED) is 0.263. The zero-order chi connectivity index (χ0) is 29.8. The Balaban J connectivity index is 1.49. The molecule has 1 saturated heterocycles. The van der Waals surface area contributed by atoms with E-state index in [0.717, 1.165) is 10.3 Å². The van der Waals surface area contributed by atoms with Crippen LogP contribution in [-0.4, -0.2) is 81.4 Å². The van der Waals surface area contributed by atoms with E-state index in [2.05, 4.69) is 12.2 Å². The third kappa shape index (κ3) is 4.91. The molecule has 0 radical (unpaired) electrons. The maximum absolute atomic E-state index is 13.1. The molecular weight excluding hydrogens is 534 g/mol. The summed E-state index contributed by atoms with van der Waals surface area (Å²) in [5, 5.41) is 32.7. The van der Waals surface area contributed by atoms with Gasteiger partial charge in [-0.15, -0.1) is 0 Å². The Kier molecular flexibility index (Phi) is 8.12. The minimum atomic E-state index is -0.929. The first-order chi connectivity index (χ1) is 19.4. The third-order valence-corrected chi connectivity index (χ3v) is 9.45. The molecule has 1 spiro atoms. The molecule has 41 heavy (non-hydrogen) atoms. The van der Waals surface area contributed by atoms with Gasteiger partial charge in [-0.25, -0.2) is 4.79 Å². The Morgan fingerprint density at radius 3 is 2.66 bits per heavy atom. The van der Waals surface area contributed by atoms with Crippen molar-refractivity contribution in [1.82, 2.24) is 4.73 Å². The zero-order valence-electron chi connectivity index (χ0n) is 24.3. The van der Waals surface area contributed by atoms with Crippen LogP contribution in [0.3, 0.4) is 0 Å². The summed E-state index contributed by atoms with van der Waals surface area (Å²) in [6, 6.07) is 3.08. The minimum absolute atomic E-state index is 0.00358. The van der Waals surface area contributed by atoms with Crippen LogP contribution < -0.4 is 4.74 Å². The first-order valence-corrected chi connectivity index (χ1v) is 14.2. The average molecular weight is 576 g/mol. The van der Waals surface area contributed by atoms with E-state index in [1.54, 1.807) is 13.0 Å². The van der Waals surface area contributed by atoms with Gasteiger partial charge in [-0.1, -0.05) is 32.1 Å². The summed E-state index contributed by atoms with van der Waals surface area (Å²) in [5.74, 6) is -2.48. The standard InChI is InChI=1S/C30H41NO10/c1-14-11-15(2)30-19(12-22(37-6)29(35)40-26(14)17(4)32)7-9-21-24(30)25(34)16(3)27(28(21)41-30)38-13-20-8-10-23(31(20)36)39-18(5)33/h7-11,14,16-17,19,21-22,24-28,32,34,36H,12-13H2,1-6H3/b15-11+/t14-,16-,17-,19-,21?,22+,24?,25-,26+,27-,28-,30+/m1/s1. The number of methoxy groups -OCH3 is 1.